The number of nitrogens with one attached hydrogen (secondary N) is 1. The van der Waals surface area contributed by atoms with Crippen LogP contribution in [0.5, 0.6) is 5.75 Å². The fourth-order valence-corrected chi connectivity index (χ4v) is 7.12. The topological polar surface area (TPSA) is 99.2 Å². The van der Waals surface area contributed by atoms with E-state index in [1.54, 1.807) is 34.1 Å². The molecule has 2 aliphatic heterocycles. The van der Waals surface area contributed by atoms with E-state index < -0.39 is 12.0 Å². The Morgan fingerprint density at radius 2 is 1.76 bits per heavy atom. The molecule has 1 saturated carbocycles. The summed E-state index contributed by atoms with van der Waals surface area (Å²) in [6.07, 6.45) is 4.05. The fourth-order valence-electron chi connectivity index (χ4n) is 6.76. The zero-order valence-corrected chi connectivity index (χ0v) is 28.8. The van der Waals surface area contributed by atoms with Gasteiger partial charge in [0, 0.05) is 61.8 Å². The summed E-state index contributed by atoms with van der Waals surface area (Å²) in [6, 6.07) is 18.6. The Labute approximate surface area is 293 Å². The van der Waals surface area contributed by atoms with Gasteiger partial charge >= 0.3 is 5.97 Å². The minimum Gasteiger partial charge on any atom is -0.492 e. The van der Waals surface area contributed by atoms with Gasteiger partial charge in [-0.15, -0.1) is 0 Å². The summed E-state index contributed by atoms with van der Waals surface area (Å²) in [7, 11) is 0. The molecule has 1 aliphatic carbocycles. The van der Waals surface area contributed by atoms with Crippen molar-refractivity contribution < 1.29 is 33.0 Å². The summed E-state index contributed by atoms with van der Waals surface area (Å²) in [5, 5.41) is 12.6. The summed E-state index contributed by atoms with van der Waals surface area (Å²) < 4.78 is 34.9. The molecule has 3 aliphatic rings. The first kappa shape index (κ1) is 34.8. The van der Waals surface area contributed by atoms with Crippen molar-refractivity contribution in [2.24, 2.45) is 0 Å². The molecule has 8 nitrogen and oxygen atoms in total. The van der Waals surface area contributed by atoms with Gasteiger partial charge in [0.05, 0.1) is 17.1 Å². The average Bonchev–Trinajstić information content (AvgIpc) is 3.93. The van der Waals surface area contributed by atoms with Gasteiger partial charge in [0.2, 0.25) is 5.91 Å². The van der Waals surface area contributed by atoms with Gasteiger partial charge in [-0.1, -0.05) is 42.5 Å². The number of aryl methyl sites for hydroxylation is 1. The number of rotatable bonds is 14. The lowest BCUT2D eigenvalue weighted by Crippen LogP contribution is -2.62. The minimum absolute atomic E-state index is 0.0218. The smallest absolute Gasteiger partial charge is 0.303 e. The maximum Gasteiger partial charge on any atom is 0.303 e. The molecule has 2 heterocycles. The van der Waals surface area contributed by atoms with Gasteiger partial charge in [0.25, 0.3) is 5.91 Å². The van der Waals surface area contributed by atoms with E-state index in [0.717, 1.165) is 42.4 Å². The standard InChI is InChI=1S/C38H40BrF2N3O5/c39-31-17-14-27(40)19-34(31)49-18-4-5-24-10-12-25(13-11-24)30-20-28-22-43(35(45)8-3-9-36(46)47)23-33(42-28)37(30)38(48)44(29-15-16-29)21-26-6-1-2-7-32(26)41/h1-2,6-7,10-14,17,19,28-29,33,42H,3-5,8-9,15-16,18,20-23H2,(H,46,47)/t28-,33-/m1/s1. The number of nitrogens with zero attached hydrogens (tertiary/aromatic N) is 2. The number of carboxylic acid groups (broad SMARTS) is 1. The second-order valence-corrected chi connectivity index (χ2v) is 13.9. The van der Waals surface area contributed by atoms with Gasteiger partial charge in [0.15, 0.2) is 0 Å². The number of carbonyl (C=O) groups excluding carboxylic acids is 2. The first-order chi connectivity index (χ1) is 23.7. The van der Waals surface area contributed by atoms with Crippen LogP contribution in [0.25, 0.3) is 5.57 Å². The molecule has 258 valence electrons. The van der Waals surface area contributed by atoms with Gasteiger partial charge < -0.3 is 25.0 Å². The van der Waals surface area contributed by atoms with Gasteiger partial charge in [-0.25, -0.2) is 8.78 Å². The molecule has 0 unspecified atom stereocenters. The van der Waals surface area contributed by atoms with Crippen molar-refractivity contribution in [1.82, 2.24) is 15.1 Å². The molecule has 49 heavy (non-hydrogen) atoms. The molecule has 3 aromatic rings. The number of halogens is 3. The van der Waals surface area contributed by atoms with Crippen molar-refractivity contribution >= 4 is 39.3 Å². The quantitative estimate of drug-likeness (QED) is 0.183. The van der Waals surface area contributed by atoms with Crippen LogP contribution in [0.3, 0.4) is 0 Å². The van der Waals surface area contributed by atoms with E-state index in [1.807, 2.05) is 12.1 Å². The molecule has 2 fully saturated rings. The lowest BCUT2D eigenvalue weighted by atomic mass is 9.82. The van der Waals surface area contributed by atoms with E-state index in [9.17, 15) is 23.2 Å². The Morgan fingerprint density at radius 3 is 2.49 bits per heavy atom. The zero-order chi connectivity index (χ0) is 34.5. The average molecular weight is 737 g/mol. The van der Waals surface area contributed by atoms with Crippen LogP contribution in [0.2, 0.25) is 0 Å². The van der Waals surface area contributed by atoms with Crippen LogP contribution < -0.4 is 10.1 Å². The van der Waals surface area contributed by atoms with Crippen molar-refractivity contribution in [3.8, 4) is 5.75 Å². The van der Waals surface area contributed by atoms with E-state index in [-0.39, 0.29) is 61.3 Å². The molecule has 0 spiro atoms. The number of aliphatic carboxylic acids is 1. The number of piperazine rings is 1. The van der Waals surface area contributed by atoms with Crippen LogP contribution in [0.15, 0.2) is 76.8 Å². The van der Waals surface area contributed by atoms with E-state index in [4.69, 9.17) is 9.84 Å². The second-order valence-electron chi connectivity index (χ2n) is 13.0. The highest BCUT2D eigenvalue weighted by atomic mass is 79.9. The van der Waals surface area contributed by atoms with E-state index in [1.165, 1.54) is 18.2 Å². The van der Waals surface area contributed by atoms with Gasteiger partial charge in [0.1, 0.15) is 17.4 Å². The number of hydrogen-bond donors (Lipinski definition) is 2. The lowest BCUT2D eigenvalue weighted by molar-refractivity contribution is -0.138. The van der Waals surface area contributed by atoms with Crippen molar-refractivity contribution in [1.29, 1.82) is 0 Å². The molecule has 11 heteroatoms. The van der Waals surface area contributed by atoms with Gasteiger partial charge in [-0.3, -0.25) is 14.4 Å². The molecule has 6 rings (SSSR count). The Kier molecular flexibility index (Phi) is 11.1. The van der Waals surface area contributed by atoms with Crippen LogP contribution in [-0.2, 0) is 27.3 Å². The highest BCUT2D eigenvalue weighted by Crippen LogP contribution is 2.38. The van der Waals surface area contributed by atoms with E-state index in [0.29, 0.717) is 47.5 Å². The number of benzene rings is 3. The van der Waals surface area contributed by atoms with Crippen molar-refractivity contribution in [2.45, 2.75) is 76.0 Å². The van der Waals surface area contributed by atoms with Crippen LogP contribution in [0.4, 0.5) is 8.78 Å². The molecular formula is C38H40BrF2N3O5. The fraction of sp³-hybridized carbons (Fsp3) is 0.395. The van der Waals surface area contributed by atoms with Crippen LogP contribution >= 0.6 is 15.9 Å². The molecule has 3 aromatic carbocycles. The number of hydrogen-bond acceptors (Lipinski definition) is 5. The monoisotopic (exact) mass is 735 g/mol. The third-order valence-electron chi connectivity index (χ3n) is 9.38. The molecule has 2 bridgehead atoms. The largest absolute Gasteiger partial charge is 0.492 e. The third kappa shape index (κ3) is 8.75. The molecule has 0 aromatic heterocycles. The first-order valence-corrected chi connectivity index (χ1v) is 17.7. The number of fused-ring (bicyclic) bond motifs is 2. The number of ether oxygens (including phenoxy) is 1. The normalized spacial score (nSPS) is 18.7. The van der Waals surface area contributed by atoms with Gasteiger partial charge in [-0.2, -0.15) is 0 Å². The SMILES string of the molecule is O=C(O)CCCC(=O)N1C[C@H]2CC(c3ccc(CCCOc4cc(F)ccc4Br)cc3)=C(C(=O)N(Cc3ccccc3F)C3CC3)[C@@H](C1)N2. The van der Waals surface area contributed by atoms with Crippen LogP contribution in [0.1, 0.15) is 61.6 Å². The molecule has 0 radical (unpaired) electrons. The molecule has 1 saturated heterocycles. The predicted molar refractivity (Wildman–Crippen MR) is 185 cm³/mol. The Hall–Kier alpha value is -4.09. The summed E-state index contributed by atoms with van der Waals surface area (Å²) in [4.78, 5) is 42.3. The van der Waals surface area contributed by atoms with Gasteiger partial charge in [-0.05, 0) is 89.4 Å². The van der Waals surface area contributed by atoms with Crippen LogP contribution in [0, 0.1) is 11.6 Å². The van der Waals surface area contributed by atoms with Crippen molar-refractivity contribution in [3.05, 3.63) is 105 Å². The van der Waals surface area contributed by atoms with Crippen LogP contribution in [-0.4, -0.2) is 70.5 Å². The highest BCUT2D eigenvalue weighted by molar-refractivity contribution is 9.10. The maximum absolute atomic E-state index is 14.8. The van der Waals surface area contributed by atoms with Crippen molar-refractivity contribution in [2.75, 3.05) is 19.7 Å². The molecule has 2 amide bonds. The second kappa shape index (κ2) is 15.6. The Morgan fingerprint density at radius 1 is 0.980 bits per heavy atom. The number of carbonyl (C=O) groups is 3. The highest BCUT2D eigenvalue weighted by Gasteiger charge is 2.43. The number of carboxylic acids is 1. The molecule has 2 N–H and O–H groups in total. The summed E-state index contributed by atoms with van der Waals surface area (Å²) in [6.45, 7) is 1.35. The van der Waals surface area contributed by atoms with Crippen molar-refractivity contribution in [3.63, 3.8) is 0 Å². The Bertz CT molecular complexity index is 1730. The Balaban J connectivity index is 1.22. The molecular weight excluding hydrogens is 696 g/mol. The van der Waals surface area contributed by atoms with E-state index >= 15 is 0 Å². The van der Waals surface area contributed by atoms with E-state index in [2.05, 4.69) is 33.4 Å². The summed E-state index contributed by atoms with van der Waals surface area (Å²) >= 11 is 3.39. The molecule has 2 atom stereocenters. The maximum atomic E-state index is 14.8. The lowest BCUT2D eigenvalue weighted by Gasteiger charge is -2.45. The third-order valence-corrected chi connectivity index (χ3v) is 10.0. The minimum atomic E-state index is -0.933. The zero-order valence-electron chi connectivity index (χ0n) is 27.2. The number of amides is 2. The predicted octanol–water partition coefficient (Wildman–Crippen LogP) is 6.51. The first-order valence-electron chi connectivity index (χ1n) is 16.9. The summed E-state index contributed by atoms with van der Waals surface area (Å²) in [5.41, 5.74) is 4.03. The summed E-state index contributed by atoms with van der Waals surface area (Å²) in [5.74, 6) is -1.44.